The van der Waals surface area contributed by atoms with Crippen LogP contribution in [0.3, 0.4) is 0 Å². The van der Waals surface area contributed by atoms with Crippen LogP contribution in [-0.4, -0.2) is 37.7 Å². The number of aromatic nitrogens is 1. The summed E-state index contributed by atoms with van der Waals surface area (Å²) < 4.78 is 4.69. The van der Waals surface area contributed by atoms with Crippen LogP contribution >= 0.6 is 0 Å². The van der Waals surface area contributed by atoms with Gasteiger partial charge in [0.1, 0.15) is 11.4 Å². The number of hydrogen-bond donors (Lipinski definition) is 2. The van der Waals surface area contributed by atoms with E-state index in [4.69, 9.17) is 0 Å². The highest BCUT2D eigenvalue weighted by molar-refractivity contribution is 5.94. The molecule has 0 radical (unpaired) electrons. The standard InChI is InChI=1S/C12H19N3O2/c1-3-6-13-8-9-15-11-10(12(16)17-2)5-4-7-14-11/h4-5,7,13H,3,6,8-9H2,1-2H3,(H,14,15). The molecule has 1 aromatic rings. The first-order valence-electron chi connectivity index (χ1n) is 5.77. The van der Waals surface area contributed by atoms with Crippen molar-refractivity contribution >= 4 is 11.8 Å². The topological polar surface area (TPSA) is 63.2 Å². The number of hydrogen-bond acceptors (Lipinski definition) is 5. The van der Waals surface area contributed by atoms with E-state index in [0.29, 0.717) is 11.4 Å². The van der Waals surface area contributed by atoms with Gasteiger partial charge in [0.15, 0.2) is 0 Å². The van der Waals surface area contributed by atoms with E-state index in [2.05, 4.69) is 27.3 Å². The maximum absolute atomic E-state index is 11.5. The van der Waals surface area contributed by atoms with Gasteiger partial charge in [-0.25, -0.2) is 9.78 Å². The van der Waals surface area contributed by atoms with Crippen molar-refractivity contribution < 1.29 is 9.53 Å². The van der Waals surface area contributed by atoms with Crippen LogP contribution < -0.4 is 10.6 Å². The lowest BCUT2D eigenvalue weighted by molar-refractivity contribution is 0.0601. The molecule has 0 spiro atoms. The number of carbonyl (C=O) groups excluding carboxylic acids is 1. The molecule has 94 valence electrons. The number of nitrogens with zero attached hydrogens (tertiary/aromatic N) is 1. The van der Waals surface area contributed by atoms with E-state index in [1.165, 1.54) is 7.11 Å². The van der Waals surface area contributed by atoms with Gasteiger partial charge in [0.05, 0.1) is 7.11 Å². The number of nitrogens with one attached hydrogen (secondary N) is 2. The van der Waals surface area contributed by atoms with Crippen LogP contribution in [0, 0.1) is 0 Å². The molecular weight excluding hydrogens is 218 g/mol. The normalized spacial score (nSPS) is 10.0. The molecule has 2 N–H and O–H groups in total. The van der Waals surface area contributed by atoms with Gasteiger partial charge in [-0.15, -0.1) is 0 Å². The molecule has 0 bridgehead atoms. The summed E-state index contributed by atoms with van der Waals surface area (Å²) in [6, 6.07) is 3.41. The molecular formula is C12H19N3O2. The zero-order valence-corrected chi connectivity index (χ0v) is 10.3. The molecule has 0 amide bonds. The highest BCUT2D eigenvalue weighted by atomic mass is 16.5. The maximum Gasteiger partial charge on any atom is 0.341 e. The van der Waals surface area contributed by atoms with Gasteiger partial charge in [-0.05, 0) is 25.1 Å². The molecule has 0 saturated heterocycles. The third-order valence-corrected chi connectivity index (χ3v) is 2.23. The van der Waals surface area contributed by atoms with Gasteiger partial charge in [0.2, 0.25) is 0 Å². The molecule has 0 fully saturated rings. The molecule has 1 rings (SSSR count). The minimum atomic E-state index is -0.373. The Morgan fingerprint density at radius 1 is 1.41 bits per heavy atom. The number of rotatable bonds is 7. The first-order valence-corrected chi connectivity index (χ1v) is 5.77. The molecule has 5 heteroatoms. The number of esters is 1. The Morgan fingerprint density at radius 3 is 2.94 bits per heavy atom. The van der Waals surface area contributed by atoms with Crippen LogP contribution in [0.1, 0.15) is 23.7 Å². The van der Waals surface area contributed by atoms with Gasteiger partial charge in [0, 0.05) is 19.3 Å². The lowest BCUT2D eigenvalue weighted by Gasteiger charge is -2.09. The van der Waals surface area contributed by atoms with E-state index in [1.54, 1.807) is 18.3 Å². The van der Waals surface area contributed by atoms with Gasteiger partial charge < -0.3 is 15.4 Å². The van der Waals surface area contributed by atoms with Crippen molar-refractivity contribution in [1.29, 1.82) is 0 Å². The largest absolute Gasteiger partial charge is 0.465 e. The van der Waals surface area contributed by atoms with Crippen molar-refractivity contribution in [3.8, 4) is 0 Å². The first kappa shape index (κ1) is 13.4. The van der Waals surface area contributed by atoms with Crippen molar-refractivity contribution in [3.63, 3.8) is 0 Å². The summed E-state index contributed by atoms with van der Waals surface area (Å²) in [6.07, 6.45) is 2.76. The summed E-state index contributed by atoms with van der Waals surface area (Å²) in [5.74, 6) is 0.194. The van der Waals surface area contributed by atoms with Gasteiger partial charge in [-0.3, -0.25) is 0 Å². The minimum Gasteiger partial charge on any atom is -0.465 e. The van der Waals surface area contributed by atoms with Gasteiger partial charge in [-0.2, -0.15) is 0 Å². The minimum absolute atomic E-state index is 0.373. The number of anilines is 1. The molecule has 0 aromatic carbocycles. The Bertz CT molecular complexity index is 355. The summed E-state index contributed by atoms with van der Waals surface area (Å²) in [6.45, 7) is 4.67. The predicted molar refractivity (Wildman–Crippen MR) is 67.2 cm³/mol. The fraction of sp³-hybridized carbons (Fsp3) is 0.500. The second kappa shape index (κ2) is 7.62. The van der Waals surface area contributed by atoms with Gasteiger partial charge in [0.25, 0.3) is 0 Å². The zero-order valence-electron chi connectivity index (χ0n) is 10.3. The lowest BCUT2D eigenvalue weighted by Crippen LogP contribution is -2.23. The van der Waals surface area contributed by atoms with E-state index in [0.717, 1.165) is 26.1 Å². The van der Waals surface area contributed by atoms with E-state index >= 15 is 0 Å². The Kier molecular flexibility index (Phi) is 6.03. The summed E-state index contributed by atoms with van der Waals surface area (Å²) >= 11 is 0. The fourth-order valence-electron chi connectivity index (χ4n) is 1.39. The second-order valence-corrected chi connectivity index (χ2v) is 3.57. The van der Waals surface area contributed by atoms with Gasteiger partial charge >= 0.3 is 5.97 Å². The SMILES string of the molecule is CCCNCCNc1ncccc1C(=O)OC. The van der Waals surface area contributed by atoms with Crippen LogP contribution in [-0.2, 0) is 4.74 Å². The predicted octanol–water partition coefficient (Wildman–Crippen LogP) is 1.28. The van der Waals surface area contributed by atoms with Crippen molar-refractivity contribution in [2.75, 3.05) is 32.1 Å². The van der Waals surface area contributed by atoms with Crippen LogP contribution in [0.15, 0.2) is 18.3 Å². The Hall–Kier alpha value is -1.62. The molecule has 1 heterocycles. The highest BCUT2D eigenvalue weighted by Gasteiger charge is 2.11. The Balaban J connectivity index is 2.49. The Morgan fingerprint density at radius 2 is 2.24 bits per heavy atom. The molecule has 1 aromatic heterocycles. The van der Waals surface area contributed by atoms with Crippen molar-refractivity contribution in [1.82, 2.24) is 10.3 Å². The van der Waals surface area contributed by atoms with Crippen LogP contribution in [0.25, 0.3) is 0 Å². The van der Waals surface area contributed by atoms with Gasteiger partial charge in [-0.1, -0.05) is 6.92 Å². The maximum atomic E-state index is 11.5. The third-order valence-electron chi connectivity index (χ3n) is 2.23. The van der Waals surface area contributed by atoms with Crippen LogP contribution in [0.2, 0.25) is 0 Å². The van der Waals surface area contributed by atoms with Crippen LogP contribution in [0.5, 0.6) is 0 Å². The average molecular weight is 237 g/mol. The fourth-order valence-corrected chi connectivity index (χ4v) is 1.39. The summed E-state index contributed by atoms with van der Waals surface area (Å²) in [7, 11) is 1.36. The average Bonchev–Trinajstić information content (AvgIpc) is 2.38. The molecule has 0 unspecified atom stereocenters. The quantitative estimate of drug-likeness (QED) is 0.552. The van der Waals surface area contributed by atoms with Crippen molar-refractivity contribution in [2.24, 2.45) is 0 Å². The number of methoxy groups -OCH3 is 1. The molecule has 0 aliphatic carbocycles. The molecule has 0 aliphatic rings. The molecule has 0 atom stereocenters. The number of pyridine rings is 1. The van der Waals surface area contributed by atoms with E-state index in [9.17, 15) is 4.79 Å². The molecule has 5 nitrogen and oxygen atoms in total. The second-order valence-electron chi connectivity index (χ2n) is 3.57. The first-order chi connectivity index (χ1) is 8.29. The summed E-state index contributed by atoms with van der Waals surface area (Å²) in [5.41, 5.74) is 0.463. The summed E-state index contributed by atoms with van der Waals surface area (Å²) in [5, 5.41) is 6.37. The third kappa shape index (κ3) is 4.40. The van der Waals surface area contributed by atoms with E-state index < -0.39 is 0 Å². The Labute approximate surface area is 102 Å². The van der Waals surface area contributed by atoms with E-state index in [1.807, 2.05) is 0 Å². The lowest BCUT2D eigenvalue weighted by atomic mass is 10.2. The van der Waals surface area contributed by atoms with Crippen molar-refractivity contribution in [3.05, 3.63) is 23.9 Å². The monoisotopic (exact) mass is 237 g/mol. The summed E-state index contributed by atoms with van der Waals surface area (Å²) in [4.78, 5) is 15.6. The number of carbonyl (C=O) groups is 1. The highest BCUT2D eigenvalue weighted by Crippen LogP contribution is 2.11. The van der Waals surface area contributed by atoms with Crippen molar-refractivity contribution in [2.45, 2.75) is 13.3 Å². The van der Waals surface area contributed by atoms with E-state index in [-0.39, 0.29) is 5.97 Å². The molecule has 0 aliphatic heterocycles. The smallest absolute Gasteiger partial charge is 0.341 e. The van der Waals surface area contributed by atoms with Crippen LogP contribution in [0.4, 0.5) is 5.82 Å². The zero-order chi connectivity index (χ0) is 12.5. The number of ether oxygens (including phenoxy) is 1. The molecule has 0 saturated carbocycles. The molecule has 17 heavy (non-hydrogen) atoms.